The van der Waals surface area contributed by atoms with E-state index in [9.17, 15) is 4.79 Å². The summed E-state index contributed by atoms with van der Waals surface area (Å²) in [5.74, 6) is 0.817. The summed E-state index contributed by atoms with van der Waals surface area (Å²) in [4.78, 5) is 17.0. The van der Waals surface area contributed by atoms with E-state index < -0.39 is 0 Å². The lowest BCUT2D eigenvalue weighted by molar-refractivity contribution is -0.121. The summed E-state index contributed by atoms with van der Waals surface area (Å²) in [6, 6.07) is 23.2. The van der Waals surface area contributed by atoms with Crippen LogP contribution in [0.4, 0.5) is 0 Å². The maximum atomic E-state index is 12.5. The Balaban J connectivity index is 1.67. The molecule has 0 aliphatic rings. The Labute approximate surface area is 153 Å². The van der Waals surface area contributed by atoms with Gasteiger partial charge < -0.3 is 10.1 Å². The summed E-state index contributed by atoms with van der Waals surface area (Å²) in [6.45, 7) is 0. The molecule has 0 aliphatic heterocycles. The molecule has 1 amide bonds. The van der Waals surface area contributed by atoms with Crippen LogP contribution in [-0.4, -0.2) is 18.0 Å². The zero-order chi connectivity index (χ0) is 18.2. The topological polar surface area (TPSA) is 51.2 Å². The molecule has 1 heterocycles. The predicted octanol–water partition coefficient (Wildman–Crippen LogP) is 3.93. The molecule has 0 bridgehead atoms. The molecule has 1 unspecified atom stereocenters. The van der Waals surface area contributed by atoms with E-state index in [0.717, 1.165) is 22.6 Å². The molecule has 4 nitrogen and oxygen atoms in total. The summed E-state index contributed by atoms with van der Waals surface area (Å²) in [5, 5.41) is 3.12. The van der Waals surface area contributed by atoms with E-state index in [2.05, 4.69) is 10.3 Å². The number of nitrogens with one attached hydrogen (secondary N) is 1. The van der Waals surface area contributed by atoms with Gasteiger partial charge in [-0.25, -0.2) is 0 Å². The molecule has 3 rings (SSSR count). The van der Waals surface area contributed by atoms with Gasteiger partial charge in [0.25, 0.3) is 0 Å². The second-order valence-electron chi connectivity index (χ2n) is 6.01. The number of carbonyl (C=O) groups excluding carboxylic acids is 1. The molecule has 1 atom stereocenters. The van der Waals surface area contributed by atoms with Gasteiger partial charge >= 0.3 is 0 Å². The Hall–Kier alpha value is -3.14. The Kier molecular flexibility index (Phi) is 5.99. The van der Waals surface area contributed by atoms with Crippen molar-refractivity contribution in [3.8, 4) is 5.75 Å². The summed E-state index contributed by atoms with van der Waals surface area (Å²) < 4.78 is 5.16. The van der Waals surface area contributed by atoms with Gasteiger partial charge in [0.1, 0.15) is 5.75 Å². The van der Waals surface area contributed by atoms with Gasteiger partial charge in [-0.2, -0.15) is 0 Å². The molecule has 0 fully saturated rings. The number of aryl methyl sites for hydroxylation is 1. The first-order valence-electron chi connectivity index (χ1n) is 8.64. The van der Waals surface area contributed by atoms with Crippen LogP contribution in [0.2, 0.25) is 0 Å². The fourth-order valence-corrected chi connectivity index (χ4v) is 2.80. The van der Waals surface area contributed by atoms with Gasteiger partial charge in [-0.3, -0.25) is 9.78 Å². The van der Waals surface area contributed by atoms with Crippen molar-refractivity contribution in [2.24, 2.45) is 0 Å². The third kappa shape index (κ3) is 4.70. The zero-order valence-electron chi connectivity index (χ0n) is 14.8. The fourth-order valence-electron chi connectivity index (χ4n) is 2.80. The number of amides is 1. The summed E-state index contributed by atoms with van der Waals surface area (Å²) in [7, 11) is 1.64. The second-order valence-corrected chi connectivity index (χ2v) is 6.01. The molecule has 0 saturated carbocycles. The van der Waals surface area contributed by atoms with Crippen LogP contribution in [0.5, 0.6) is 5.75 Å². The van der Waals surface area contributed by atoms with Crippen molar-refractivity contribution < 1.29 is 9.53 Å². The maximum absolute atomic E-state index is 12.5. The van der Waals surface area contributed by atoms with Gasteiger partial charge in [0.2, 0.25) is 5.91 Å². The van der Waals surface area contributed by atoms with Crippen LogP contribution >= 0.6 is 0 Å². The van der Waals surface area contributed by atoms with Crippen molar-refractivity contribution in [1.82, 2.24) is 10.3 Å². The number of pyridine rings is 1. The van der Waals surface area contributed by atoms with Crippen molar-refractivity contribution in [3.63, 3.8) is 0 Å². The molecular weight excluding hydrogens is 324 g/mol. The Morgan fingerprint density at radius 2 is 1.73 bits per heavy atom. The van der Waals surface area contributed by atoms with Gasteiger partial charge in [-0.15, -0.1) is 0 Å². The van der Waals surface area contributed by atoms with Crippen LogP contribution in [0.25, 0.3) is 0 Å². The highest BCUT2D eigenvalue weighted by atomic mass is 16.5. The number of nitrogens with zero attached hydrogens (tertiary/aromatic N) is 1. The number of hydrogen-bond acceptors (Lipinski definition) is 3. The molecule has 1 aromatic heterocycles. The Morgan fingerprint density at radius 3 is 2.38 bits per heavy atom. The number of rotatable bonds is 7. The lowest BCUT2D eigenvalue weighted by Crippen LogP contribution is -2.30. The van der Waals surface area contributed by atoms with Crippen molar-refractivity contribution in [2.75, 3.05) is 7.11 Å². The van der Waals surface area contributed by atoms with Gasteiger partial charge in [-0.05, 0) is 41.8 Å². The van der Waals surface area contributed by atoms with E-state index in [1.54, 1.807) is 13.3 Å². The Morgan fingerprint density at radius 1 is 1.00 bits per heavy atom. The summed E-state index contributed by atoms with van der Waals surface area (Å²) in [5.41, 5.74) is 2.95. The minimum atomic E-state index is -0.249. The number of ether oxygens (including phenoxy) is 1. The predicted molar refractivity (Wildman–Crippen MR) is 102 cm³/mol. The van der Waals surface area contributed by atoms with Crippen LogP contribution in [0.1, 0.15) is 29.3 Å². The number of carbonyl (C=O) groups is 1. The first-order valence-corrected chi connectivity index (χ1v) is 8.64. The smallest absolute Gasteiger partial charge is 0.221 e. The van der Waals surface area contributed by atoms with Crippen LogP contribution in [0.15, 0.2) is 79.0 Å². The number of methoxy groups -OCH3 is 1. The molecule has 26 heavy (non-hydrogen) atoms. The SMILES string of the molecule is COc1ccc(CCC(=O)NC(c2ccccc2)c2ccccn2)cc1. The highest BCUT2D eigenvalue weighted by molar-refractivity contribution is 5.77. The average molecular weight is 346 g/mol. The van der Waals surface area contributed by atoms with E-state index in [1.807, 2.05) is 72.8 Å². The normalized spacial score (nSPS) is 11.6. The third-order valence-corrected chi connectivity index (χ3v) is 4.22. The minimum Gasteiger partial charge on any atom is -0.497 e. The van der Waals surface area contributed by atoms with Gasteiger partial charge in [0, 0.05) is 12.6 Å². The van der Waals surface area contributed by atoms with Crippen LogP contribution in [0, 0.1) is 0 Å². The molecule has 1 N–H and O–H groups in total. The van der Waals surface area contributed by atoms with E-state index in [0.29, 0.717) is 12.8 Å². The van der Waals surface area contributed by atoms with Crippen molar-refractivity contribution >= 4 is 5.91 Å². The molecule has 132 valence electrons. The standard InChI is InChI=1S/C22H22N2O2/c1-26-19-13-10-17(11-14-19)12-15-21(25)24-22(18-7-3-2-4-8-18)20-9-5-6-16-23-20/h2-11,13-14,16,22H,12,15H2,1H3,(H,24,25). The van der Waals surface area contributed by atoms with Crippen LogP contribution in [0.3, 0.4) is 0 Å². The highest BCUT2D eigenvalue weighted by Gasteiger charge is 2.17. The molecule has 0 radical (unpaired) electrons. The summed E-state index contributed by atoms with van der Waals surface area (Å²) in [6.07, 6.45) is 2.84. The van der Waals surface area contributed by atoms with Gasteiger partial charge in [-0.1, -0.05) is 48.5 Å². The van der Waals surface area contributed by atoms with Crippen LogP contribution < -0.4 is 10.1 Å². The average Bonchev–Trinajstić information content (AvgIpc) is 2.72. The largest absolute Gasteiger partial charge is 0.497 e. The van der Waals surface area contributed by atoms with Crippen molar-refractivity contribution in [2.45, 2.75) is 18.9 Å². The lowest BCUT2D eigenvalue weighted by Gasteiger charge is -2.19. The molecule has 0 aliphatic carbocycles. The van der Waals surface area contributed by atoms with E-state index in [4.69, 9.17) is 4.74 Å². The number of aromatic nitrogens is 1. The summed E-state index contributed by atoms with van der Waals surface area (Å²) >= 11 is 0. The van der Waals surface area contributed by atoms with Gasteiger partial charge in [0.15, 0.2) is 0 Å². The number of hydrogen-bond donors (Lipinski definition) is 1. The number of benzene rings is 2. The zero-order valence-corrected chi connectivity index (χ0v) is 14.8. The lowest BCUT2D eigenvalue weighted by atomic mass is 10.0. The molecular formula is C22H22N2O2. The molecule has 0 spiro atoms. The second kappa shape index (κ2) is 8.81. The quantitative estimate of drug-likeness (QED) is 0.705. The third-order valence-electron chi connectivity index (χ3n) is 4.22. The minimum absolute atomic E-state index is 0.000300. The van der Waals surface area contributed by atoms with Gasteiger partial charge in [0.05, 0.1) is 18.8 Å². The Bertz CT molecular complexity index is 778. The van der Waals surface area contributed by atoms with Crippen LogP contribution in [-0.2, 0) is 11.2 Å². The molecule has 2 aromatic carbocycles. The van der Waals surface area contributed by atoms with E-state index in [-0.39, 0.29) is 11.9 Å². The van der Waals surface area contributed by atoms with E-state index >= 15 is 0 Å². The first-order chi connectivity index (χ1) is 12.8. The molecule has 4 heteroatoms. The van der Waals surface area contributed by atoms with Crippen molar-refractivity contribution in [3.05, 3.63) is 95.8 Å². The maximum Gasteiger partial charge on any atom is 0.221 e. The van der Waals surface area contributed by atoms with E-state index in [1.165, 1.54) is 0 Å². The monoisotopic (exact) mass is 346 g/mol. The molecule has 0 saturated heterocycles. The first kappa shape index (κ1) is 17.7. The highest BCUT2D eigenvalue weighted by Crippen LogP contribution is 2.20. The molecule has 3 aromatic rings. The fraction of sp³-hybridized carbons (Fsp3) is 0.182. The van der Waals surface area contributed by atoms with Crippen molar-refractivity contribution in [1.29, 1.82) is 0 Å².